The molecule has 1 aromatic carbocycles. The van der Waals surface area contributed by atoms with E-state index in [0.29, 0.717) is 12.1 Å². The normalized spacial score (nSPS) is 14.6. The fourth-order valence-corrected chi connectivity index (χ4v) is 2.56. The van der Waals surface area contributed by atoms with Crippen molar-refractivity contribution >= 4 is 0 Å². The van der Waals surface area contributed by atoms with Crippen LogP contribution in [-0.4, -0.2) is 44.8 Å². The molecule has 1 aromatic rings. The van der Waals surface area contributed by atoms with E-state index in [1.54, 1.807) is 0 Å². The number of hydrogen-bond donors (Lipinski definition) is 1. The predicted octanol–water partition coefficient (Wildman–Crippen LogP) is 2.69. The van der Waals surface area contributed by atoms with Gasteiger partial charge in [0.05, 0.1) is 6.61 Å². The van der Waals surface area contributed by atoms with Gasteiger partial charge in [0.25, 0.3) is 0 Å². The molecule has 0 radical (unpaired) electrons. The van der Waals surface area contributed by atoms with Gasteiger partial charge in [-0.15, -0.1) is 0 Å². The summed E-state index contributed by atoms with van der Waals surface area (Å²) in [6.07, 6.45) is 1.11. The molecule has 0 saturated carbocycles. The van der Waals surface area contributed by atoms with Crippen molar-refractivity contribution in [1.82, 2.24) is 10.2 Å². The van der Waals surface area contributed by atoms with Crippen LogP contribution < -0.4 is 5.32 Å². The van der Waals surface area contributed by atoms with Crippen molar-refractivity contribution in [3.63, 3.8) is 0 Å². The molecule has 2 unspecified atom stereocenters. The summed E-state index contributed by atoms with van der Waals surface area (Å²) >= 11 is 0. The molecule has 0 spiro atoms. The average molecular weight is 264 g/mol. The van der Waals surface area contributed by atoms with Crippen LogP contribution in [-0.2, 0) is 4.74 Å². The van der Waals surface area contributed by atoms with Gasteiger partial charge in [0.1, 0.15) is 0 Å². The van der Waals surface area contributed by atoms with Crippen LogP contribution in [0.15, 0.2) is 30.3 Å². The molecule has 2 atom stereocenters. The highest BCUT2D eigenvalue weighted by Crippen LogP contribution is 2.22. The summed E-state index contributed by atoms with van der Waals surface area (Å²) in [4.78, 5) is 2.39. The smallest absolute Gasteiger partial charge is 0.0593 e. The Morgan fingerprint density at radius 3 is 2.42 bits per heavy atom. The second-order valence-corrected chi connectivity index (χ2v) is 4.83. The van der Waals surface area contributed by atoms with Gasteiger partial charge in [0.15, 0.2) is 0 Å². The molecule has 0 amide bonds. The van der Waals surface area contributed by atoms with Crippen LogP contribution in [0.2, 0.25) is 0 Å². The molecule has 0 bridgehead atoms. The Balaban J connectivity index is 2.70. The van der Waals surface area contributed by atoms with Crippen molar-refractivity contribution in [3.05, 3.63) is 35.9 Å². The Morgan fingerprint density at radius 1 is 1.21 bits per heavy atom. The van der Waals surface area contributed by atoms with Gasteiger partial charge < -0.3 is 10.1 Å². The average Bonchev–Trinajstić information content (AvgIpc) is 2.45. The summed E-state index contributed by atoms with van der Waals surface area (Å²) in [5.41, 5.74) is 1.35. The number of nitrogens with zero attached hydrogens (tertiary/aromatic N) is 1. The Bertz CT molecular complexity index is 329. The molecule has 3 nitrogen and oxygen atoms in total. The topological polar surface area (TPSA) is 24.5 Å². The number of rotatable bonds is 9. The minimum Gasteiger partial charge on any atom is -0.380 e. The summed E-state index contributed by atoms with van der Waals surface area (Å²) in [6.45, 7) is 6.84. The number of likely N-dealkylation sites (N-methyl/N-ethyl adjacent to an activating group) is 2. The van der Waals surface area contributed by atoms with Crippen LogP contribution in [0.5, 0.6) is 0 Å². The van der Waals surface area contributed by atoms with E-state index in [2.05, 4.69) is 54.5 Å². The molecule has 0 aromatic heterocycles. The van der Waals surface area contributed by atoms with Gasteiger partial charge >= 0.3 is 0 Å². The summed E-state index contributed by atoms with van der Waals surface area (Å²) < 4.78 is 5.46. The van der Waals surface area contributed by atoms with Crippen LogP contribution in [0, 0.1) is 0 Å². The minimum absolute atomic E-state index is 0.359. The van der Waals surface area contributed by atoms with Crippen molar-refractivity contribution in [2.24, 2.45) is 0 Å². The Kier molecular flexibility index (Phi) is 7.72. The quantitative estimate of drug-likeness (QED) is 0.694. The maximum absolute atomic E-state index is 5.46. The lowest BCUT2D eigenvalue weighted by Gasteiger charge is -2.34. The summed E-state index contributed by atoms with van der Waals surface area (Å²) in [5.74, 6) is 0. The van der Waals surface area contributed by atoms with E-state index in [1.807, 2.05) is 14.0 Å². The molecule has 108 valence electrons. The van der Waals surface area contributed by atoms with E-state index in [-0.39, 0.29) is 0 Å². The van der Waals surface area contributed by atoms with Gasteiger partial charge in [-0.1, -0.05) is 37.3 Å². The highest BCUT2D eigenvalue weighted by Gasteiger charge is 2.23. The molecule has 19 heavy (non-hydrogen) atoms. The molecule has 3 heteroatoms. The Hall–Kier alpha value is -0.900. The summed E-state index contributed by atoms with van der Waals surface area (Å²) in [5, 5.41) is 3.46. The van der Waals surface area contributed by atoms with E-state index in [9.17, 15) is 0 Å². The third-order valence-corrected chi connectivity index (χ3v) is 3.63. The number of benzene rings is 1. The van der Waals surface area contributed by atoms with E-state index >= 15 is 0 Å². The van der Waals surface area contributed by atoms with E-state index in [1.165, 1.54) is 5.56 Å². The second kappa shape index (κ2) is 9.08. The van der Waals surface area contributed by atoms with Gasteiger partial charge in [-0.3, -0.25) is 4.90 Å². The fraction of sp³-hybridized carbons (Fsp3) is 0.625. The van der Waals surface area contributed by atoms with Crippen molar-refractivity contribution in [1.29, 1.82) is 0 Å². The monoisotopic (exact) mass is 264 g/mol. The second-order valence-electron chi connectivity index (χ2n) is 4.83. The zero-order valence-corrected chi connectivity index (χ0v) is 12.7. The first-order chi connectivity index (χ1) is 9.24. The van der Waals surface area contributed by atoms with Crippen molar-refractivity contribution in [3.8, 4) is 0 Å². The summed E-state index contributed by atoms with van der Waals surface area (Å²) in [6, 6.07) is 11.5. The number of ether oxygens (including phenoxy) is 1. The van der Waals surface area contributed by atoms with E-state index < -0.39 is 0 Å². The minimum atomic E-state index is 0.359. The molecular weight excluding hydrogens is 236 g/mol. The largest absolute Gasteiger partial charge is 0.380 e. The third-order valence-electron chi connectivity index (χ3n) is 3.63. The zero-order chi connectivity index (χ0) is 14.1. The van der Waals surface area contributed by atoms with Gasteiger partial charge in [-0.2, -0.15) is 0 Å². The van der Waals surface area contributed by atoms with Gasteiger partial charge in [-0.25, -0.2) is 0 Å². The van der Waals surface area contributed by atoms with Crippen LogP contribution >= 0.6 is 0 Å². The van der Waals surface area contributed by atoms with Crippen LogP contribution in [0.25, 0.3) is 0 Å². The maximum atomic E-state index is 5.46. The number of hydrogen-bond acceptors (Lipinski definition) is 3. The first-order valence-electron chi connectivity index (χ1n) is 7.24. The number of nitrogens with one attached hydrogen (secondary N) is 1. The highest BCUT2D eigenvalue weighted by atomic mass is 16.5. The van der Waals surface area contributed by atoms with Gasteiger partial charge in [0, 0.05) is 25.2 Å². The molecule has 1 rings (SSSR count). The highest BCUT2D eigenvalue weighted by molar-refractivity contribution is 5.20. The lowest BCUT2D eigenvalue weighted by molar-refractivity contribution is 0.0965. The van der Waals surface area contributed by atoms with Crippen molar-refractivity contribution < 1.29 is 4.74 Å². The van der Waals surface area contributed by atoms with Gasteiger partial charge in [0.2, 0.25) is 0 Å². The van der Waals surface area contributed by atoms with Crippen LogP contribution in [0.4, 0.5) is 0 Å². The zero-order valence-electron chi connectivity index (χ0n) is 12.7. The predicted molar refractivity (Wildman–Crippen MR) is 81.4 cm³/mol. The summed E-state index contributed by atoms with van der Waals surface area (Å²) in [7, 11) is 4.22. The van der Waals surface area contributed by atoms with Crippen LogP contribution in [0.3, 0.4) is 0 Å². The first kappa shape index (κ1) is 16.2. The molecule has 0 heterocycles. The lowest BCUT2D eigenvalue weighted by atomic mass is 9.96. The standard InChI is InChI=1S/C16H28N2O/c1-5-15(18(4)12-13-19-6-2)16(17-3)14-10-8-7-9-11-14/h7-11,15-17H,5-6,12-13H2,1-4H3. The first-order valence-corrected chi connectivity index (χ1v) is 7.24. The molecule has 0 aliphatic rings. The molecule has 0 aliphatic carbocycles. The molecular formula is C16H28N2O. The Labute approximate surface area is 118 Å². The molecule has 0 aliphatic heterocycles. The molecule has 1 N–H and O–H groups in total. The van der Waals surface area contributed by atoms with E-state index in [0.717, 1.165) is 26.2 Å². The Morgan fingerprint density at radius 2 is 1.89 bits per heavy atom. The molecule has 0 fully saturated rings. The third kappa shape index (κ3) is 4.94. The lowest BCUT2D eigenvalue weighted by Crippen LogP contribution is -2.42. The maximum Gasteiger partial charge on any atom is 0.0593 e. The van der Waals surface area contributed by atoms with Crippen molar-refractivity contribution in [2.45, 2.75) is 32.4 Å². The van der Waals surface area contributed by atoms with E-state index in [4.69, 9.17) is 4.74 Å². The fourth-order valence-electron chi connectivity index (χ4n) is 2.56. The SMILES string of the molecule is CCOCCN(C)C(CC)C(NC)c1ccccc1. The van der Waals surface area contributed by atoms with Gasteiger partial charge in [-0.05, 0) is 33.0 Å². The van der Waals surface area contributed by atoms with Crippen molar-refractivity contribution in [2.75, 3.05) is 33.9 Å². The van der Waals surface area contributed by atoms with Crippen LogP contribution in [0.1, 0.15) is 31.9 Å². The molecule has 0 saturated heterocycles.